The number of hydrogen-bond acceptors (Lipinski definition) is 4. The first-order valence-corrected chi connectivity index (χ1v) is 8.95. The van der Waals surface area contributed by atoms with Crippen molar-refractivity contribution in [2.75, 3.05) is 26.0 Å². The maximum Gasteiger partial charge on any atom is 0.225 e. The number of nitrogens with two attached hydrogens (primary N) is 1. The van der Waals surface area contributed by atoms with Crippen LogP contribution in [0.3, 0.4) is 0 Å². The third-order valence-electron chi connectivity index (χ3n) is 4.44. The molecular formula is C14H24N2O2S2. The quantitative estimate of drug-likeness (QED) is 0.804. The normalized spacial score (nSPS) is 26.2. The first-order chi connectivity index (χ1) is 9.57. The summed E-state index contributed by atoms with van der Waals surface area (Å²) in [7, 11) is 0. The number of amides is 1. The van der Waals surface area contributed by atoms with Crippen LogP contribution in [-0.2, 0) is 9.53 Å². The highest BCUT2D eigenvalue weighted by molar-refractivity contribution is 8.02. The molecule has 20 heavy (non-hydrogen) atoms. The highest BCUT2D eigenvalue weighted by Crippen LogP contribution is 2.35. The van der Waals surface area contributed by atoms with E-state index in [1.807, 2.05) is 11.2 Å². The number of hydrogen-bond donors (Lipinski definition) is 1. The molecule has 2 N–H and O–H groups in total. The Balaban J connectivity index is 1.83. The van der Waals surface area contributed by atoms with E-state index in [4.69, 9.17) is 22.7 Å². The average Bonchev–Trinajstić information content (AvgIpc) is 2.48. The molecule has 0 spiro atoms. The van der Waals surface area contributed by atoms with Gasteiger partial charge >= 0.3 is 0 Å². The topological polar surface area (TPSA) is 55.6 Å². The molecule has 4 nitrogen and oxygen atoms in total. The van der Waals surface area contributed by atoms with Gasteiger partial charge in [-0.3, -0.25) is 4.79 Å². The van der Waals surface area contributed by atoms with E-state index in [1.165, 1.54) is 6.42 Å². The average molecular weight is 316 g/mol. The molecule has 1 atom stereocenters. The first-order valence-electron chi connectivity index (χ1n) is 7.32. The van der Waals surface area contributed by atoms with Crippen molar-refractivity contribution >= 4 is 34.9 Å². The van der Waals surface area contributed by atoms with Crippen molar-refractivity contribution in [2.24, 2.45) is 5.73 Å². The molecule has 1 amide bonds. The number of thiocarbonyl (C=S) groups is 1. The predicted octanol–water partition coefficient (Wildman–Crippen LogP) is 1.96. The third-order valence-corrected chi connectivity index (χ3v) is 6.37. The lowest BCUT2D eigenvalue weighted by atomic mass is 9.95. The molecule has 0 aromatic heterocycles. The minimum Gasteiger partial charge on any atom is -0.392 e. The number of rotatable bonds is 4. The standard InChI is InChI=1S/C14H24N2O2S2/c1-20-14(13(15)19)5-7-16(8-6-14)12(17)10-11-4-2-3-9-18-11/h11H,2-10H2,1H3,(H2,15,19). The maximum absolute atomic E-state index is 12.3. The van der Waals surface area contributed by atoms with Crippen molar-refractivity contribution in [1.82, 2.24) is 4.90 Å². The van der Waals surface area contributed by atoms with Crippen LogP contribution in [0.1, 0.15) is 38.5 Å². The monoisotopic (exact) mass is 316 g/mol. The number of likely N-dealkylation sites (tertiary alicyclic amines) is 1. The molecule has 6 heteroatoms. The zero-order chi connectivity index (χ0) is 14.6. The van der Waals surface area contributed by atoms with Crippen LogP contribution in [-0.4, -0.2) is 52.6 Å². The lowest BCUT2D eigenvalue weighted by molar-refractivity contribution is -0.136. The molecule has 0 aromatic carbocycles. The van der Waals surface area contributed by atoms with E-state index in [-0.39, 0.29) is 16.8 Å². The Hall–Kier alpha value is -0.330. The van der Waals surface area contributed by atoms with Crippen LogP contribution in [0.15, 0.2) is 0 Å². The highest BCUT2D eigenvalue weighted by Gasteiger charge is 2.38. The number of thioether (sulfide) groups is 1. The fourth-order valence-corrected chi connectivity index (χ4v) is 4.21. The molecule has 2 rings (SSSR count). The van der Waals surface area contributed by atoms with Crippen molar-refractivity contribution < 1.29 is 9.53 Å². The summed E-state index contributed by atoms with van der Waals surface area (Å²) in [5.41, 5.74) is 5.87. The van der Waals surface area contributed by atoms with Gasteiger partial charge in [-0.05, 0) is 38.4 Å². The summed E-state index contributed by atoms with van der Waals surface area (Å²) in [4.78, 5) is 14.8. The molecule has 0 aliphatic carbocycles. The fraction of sp³-hybridized carbons (Fsp3) is 0.857. The lowest BCUT2D eigenvalue weighted by Gasteiger charge is -2.40. The summed E-state index contributed by atoms with van der Waals surface area (Å²) < 4.78 is 5.53. The van der Waals surface area contributed by atoms with E-state index in [2.05, 4.69) is 0 Å². The highest BCUT2D eigenvalue weighted by atomic mass is 32.2. The van der Waals surface area contributed by atoms with E-state index in [9.17, 15) is 4.79 Å². The molecule has 0 radical (unpaired) electrons. The van der Waals surface area contributed by atoms with Crippen LogP contribution < -0.4 is 5.73 Å². The summed E-state index contributed by atoms with van der Waals surface area (Å²) in [5, 5.41) is 0. The molecule has 2 fully saturated rings. The number of ether oxygens (including phenoxy) is 1. The van der Waals surface area contributed by atoms with Crippen LogP contribution in [0, 0.1) is 0 Å². The van der Waals surface area contributed by atoms with Crippen molar-refractivity contribution in [3.63, 3.8) is 0 Å². The van der Waals surface area contributed by atoms with Gasteiger partial charge in [-0.2, -0.15) is 11.8 Å². The minimum absolute atomic E-state index is 0.118. The van der Waals surface area contributed by atoms with Gasteiger partial charge in [0.2, 0.25) is 5.91 Å². The molecule has 2 heterocycles. The Kier molecular flexibility index (Phi) is 5.69. The zero-order valence-electron chi connectivity index (χ0n) is 12.1. The second kappa shape index (κ2) is 7.09. The second-order valence-electron chi connectivity index (χ2n) is 5.64. The second-order valence-corrected chi connectivity index (χ2v) is 7.27. The molecule has 0 saturated carbocycles. The van der Waals surface area contributed by atoms with Gasteiger partial charge in [0.25, 0.3) is 0 Å². The van der Waals surface area contributed by atoms with Gasteiger partial charge in [-0.25, -0.2) is 0 Å². The lowest BCUT2D eigenvalue weighted by Crippen LogP contribution is -2.51. The van der Waals surface area contributed by atoms with Crippen LogP contribution in [0.25, 0.3) is 0 Å². The van der Waals surface area contributed by atoms with E-state index in [0.29, 0.717) is 11.4 Å². The van der Waals surface area contributed by atoms with E-state index in [0.717, 1.165) is 45.4 Å². The van der Waals surface area contributed by atoms with Crippen LogP contribution in [0.2, 0.25) is 0 Å². The minimum atomic E-state index is -0.118. The molecule has 114 valence electrons. The van der Waals surface area contributed by atoms with E-state index >= 15 is 0 Å². The summed E-state index contributed by atoms with van der Waals surface area (Å²) in [5.74, 6) is 0.217. The SMILES string of the molecule is CSC1(C(N)=S)CCN(C(=O)CC2CCCCO2)CC1. The Bertz CT molecular complexity index is 362. The molecule has 0 bridgehead atoms. The van der Waals surface area contributed by atoms with Crippen molar-refractivity contribution in [3.05, 3.63) is 0 Å². The van der Waals surface area contributed by atoms with Crippen molar-refractivity contribution in [1.29, 1.82) is 0 Å². The van der Waals surface area contributed by atoms with Gasteiger partial charge in [0.05, 0.1) is 22.3 Å². The molecule has 1 unspecified atom stereocenters. The Morgan fingerprint density at radius 1 is 1.45 bits per heavy atom. The van der Waals surface area contributed by atoms with Crippen LogP contribution in [0.4, 0.5) is 0 Å². The van der Waals surface area contributed by atoms with Gasteiger partial charge in [-0.1, -0.05) is 12.2 Å². The number of nitrogens with zero attached hydrogens (tertiary/aromatic N) is 1. The van der Waals surface area contributed by atoms with Gasteiger partial charge in [0.15, 0.2) is 0 Å². The smallest absolute Gasteiger partial charge is 0.225 e. The van der Waals surface area contributed by atoms with Crippen molar-refractivity contribution in [3.8, 4) is 0 Å². The number of carbonyl (C=O) groups is 1. The first kappa shape index (κ1) is 16.0. The Labute approximate surface area is 130 Å². The number of piperidine rings is 1. The van der Waals surface area contributed by atoms with Crippen LogP contribution >= 0.6 is 24.0 Å². The Morgan fingerprint density at radius 2 is 2.15 bits per heavy atom. The molecule has 2 saturated heterocycles. The summed E-state index contributed by atoms with van der Waals surface area (Å²) >= 11 is 6.92. The van der Waals surface area contributed by atoms with Crippen LogP contribution in [0.5, 0.6) is 0 Å². The van der Waals surface area contributed by atoms with E-state index < -0.39 is 0 Å². The Morgan fingerprint density at radius 3 is 2.65 bits per heavy atom. The van der Waals surface area contributed by atoms with Gasteiger partial charge < -0.3 is 15.4 Å². The molecule has 2 aliphatic heterocycles. The third kappa shape index (κ3) is 3.65. The van der Waals surface area contributed by atoms with Crippen molar-refractivity contribution in [2.45, 2.75) is 49.4 Å². The van der Waals surface area contributed by atoms with E-state index in [1.54, 1.807) is 11.8 Å². The predicted molar refractivity (Wildman–Crippen MR) is 87.1 cm³/mol. The fourth-order valence-electron chi connectivity index (χ4n) is 2.96. The largest absolute Gasteiger partial charge is 0.392 e. The summed E-state index contributed by atoms with van der Waals surface area (Å²) in [6, 6.07) is 0. The van der Waals surface area contributed by atoms with Gasteiger partial charge in [-0.15, -0.1) is 0 Å². The zero-order valence-corrected chi connectivity index (χ0v) is 13.7. The molecular weight excluding hydrogens is 292 g/mol. The maximum atomic E-state index is 12.3. The molecule has 2 aliphatic rings. The van der Waals surface area contributed by atoms with Gasteiger partial charge in [0.1, 0.15) is 0 Å². The molecule has 0 aromatic rings. The summed E-state index contributed by atoms with van der Waals surface area (Å²) in [6.07, 6.45) is 7.74. The van der Waals surface area contributed by atoms with Gasteiger partial charge in [0, 0.05) is 19.7 Å². The number of carbonyl (C=O) groups excluding carboxylic acids is 1. The summed E-state index contributed by atoms with van der Waals surface area (Å²) in [6.45, 7) is 2.31.